The summed E-state index contributed by atoms with van der Waals surface area (Å²) in [6.45, 7) is 4.50. The van der Waals surface area contributed by atoms with Gasteiger partial charge in [-0.1, -0.05) is 13.8 Å². The van der Waals surface area contributed by atoms with Gasteiger partial charge in [-0.15, -0.1) is 0 Å². The predicted molar refractivity (Wildman–Crippen MR) is 97.0 cm³/mol. The number of methoxy groups -OCH3 is 1. The molecule has 11 heteroatoms. The summed E-state index contributed by atoms with van der Waals surface area (Å²) in [5.74, 6) is -1.02. The van der Waals surface area contributed by atoms with E-state index in [1.54, 1.807) is 13.8 Å². The molecule has 0 aromatic heterocycles. The number of morpholine rings is 1. The molecule has 0 spiro atoms. The van der Waals surface area contributed by atoms with Crippen molar-refractivity contribution in [3.05, 3.63) is 24.3 Å². The second-order valence-corrected chi connectivity index (χ2v) is 10.0. The van der Waals surface area contributed by atoms with E-state index in [1.807, 2.05) is 0 Å². The fourth-order valence-electron chi connectivity index (χ4n) is 2.55. The number of ether oxygens (including phenoxy) is 2. The molecule has 1 heterocycles. The third-order valence-corrected chi connectivity index (χ3v) is 7.52. The van der Waals surface area contributed by atoms with Gasteiger partial charge >= 0.3 is 5.97 Å². The summed E-state index contributed by atoms with van der Waals surface area (Å²) in [4.78, 5) is 11.6. The van der Waals surface area contributed by atoms with Crippen molar-refractivity contribution in [1.82, 2.24) is 9.03 Å². The highest BCUT2D eigenvalue weighted by atomic mass is 32.2. The number of sulfonamides is 2. The molecule has 1 aromatic rings. The number of carbonyl (C=O) groups is 1. The molecule has 0 radical (unpaired) electrons. The van der Waals surface area contributed by atoms with E-state index in [2.05, 4.69) is 9.46 Å². The van der Waals surface area contributed by atoms with E-state index in [0.29, 0.717) is 13.2 Å². The van der Waals surface area contributed by atoms with Gasteiger partial charge in [0.05, 0.1) is 30.1 Å². The highest BCUT2D eigenvalue weighted by molar-refractivity contribution is 7.89. The maximum Gasteiger partial charge on any atom is 0.324 e. The van der Waals surface area contributed by atoms with Crippen LogP contribution in [-0.4, -0.2) is 66.6 Å². The molecule has 9 nitrogen and oxygen atoms in total. The van der Waals surface area contributed by atoms with Gasteiger partial charge in [0.1, 0.15) is 6.04 Å². The largest absolute Gasteiger partial charge is 0.468 e. The molecule has 1 aliphatic rings. The van der Waals surface area contributed by atoms with Gasteiger partial charge in [-0.2, -0.15) is 9.03 Å². The Morgan fingerprint density at radius 1 is 1.07 bits per heavy atom. The van der Waals surface area contributed by atoms with E-state index in [0.717, 1.165) is 0 Å². The molecule has 1 aromatic carbocycles. The second kappa shape index (κ2) is 8.65. The fraction of sp³-hybridized carbons (Fsp3) is 0.562. The van der Waals surface area contributed by atoms with Gasteiger partial charge in [0.2, 0.25) is 20.0 Å². The molecule has 1 saturated heterocycles. The first-order valence-electron chi connectivity index (χ1n) is 8.37. The standard InChI is InChI=1S/C16H24N2O7S2/c1-12(2)15(16(19)24-3)17-26(20,21)13-4-6-14(7-5-13)27(22,23)18-8-10-25-11-9-18/h4-7,12,15,17H,8-11H2,1-3H3/t15-/m0/s1. The lowest BCUT2D eigenvalue weighted by molar-refractivity contribution is -0.143. The van der Waals surface area contributed by atoms with Gasteiger partial charge < -0.3 is 9.47 Å². The molecule has 0 bridgehead atoms. The highest BCUT2D eigenvalue weighted by Gasteiger charge is 2.30. The number of nitrogens with zero attached hydrogens (tertiary/aromatic N) is 1. The minimum Gasteiger partial charge on any atom is -0.468 e. The summed E-state index contributed by atoms with van der Waals surface area (Å²) in [5.41, 5.74) is 0. The summed E-state index contributed by atoms with van der Waals surface area (Å²) in [6.07, 6.45) is 0. The van der Waals surface area contributed by atoms with Crippen molar-refractivity contribution in [2.45, 2.75) is 29.7 Å². The van der Waals surface area contributed by atoms with Gasteiger partial charge in [-0.25, -0.2) is 16.8 Å². The smallest absolute Gasteiger partial charge is 0.324 e. The first-order chi connectivity index (χ1) is 12.6. The molecular weight excluding hydrogens is 396 g/mol. The molecule has 0 aliphatic carbocycles. The third-order valence-electron chi connectivity index (χ3n) is 4.15. The van der Waals surface area contributed by atoms with Crippen LogP contribution in [0, 0.1) is 5.92 Å². The summed E-state index contributed by atoms with van der Waals surface area (Å²) < 4.78 is 63.6. The van der Waals surface area contributed by atoms with Gasteiger partial charge in [-0.05, 0) is 30.2 Å². The van der Waals surface area contributed by atoms with Crippen LogP contribution >= 0.6 is 0 Å². The lowest BCUT2D eigenvalue weighted by atomic mass is 10.1. The van der Waals surface area contributed by atoms with Crippen molar-refractivity contribution in [3.8, 4) is 0 Å². The van der Waals surface area contributed by atoms with Crippen LogP contribution in [-0.2, 0) is 34.3 Å². The maximum atomic E-state index is 12.6. The molecule has 27 heavy (non-hydrogen) atoms. The highest BCUT2D eigenvalue weighted by Crippen LogP contribution is 2.20. The van der Waals surface area contributed by atoms with Crippen LogP contribution in [0.1, 0.15) is 13.8 Å². The van der Waals surface area contributed by atoms with E-state index >= 15 is 0 Å². The van der Waals surface area contributed by atoms with Gasteiger partial charge in [0.25, 0.3) is 0 Å². The molecule has 1 atom stereocenters. The molecule has 1 N–H and O–H groups in total. The number of carbonyl (C=O) groups excluding carboxylic acids is 1. The van der Waals surface area contributed by atoms with Crippen molar-refractivity contribution in [2.24, 2.45) is 5.92 Å². The zero-order valence-corrected chi connectivity index (χ0v) is 17.0. The van der Waals surface area contributed by atoms with Crippen molar-refractivity contribution in [3.63, 3.8) is 0 Å². The van der Waals surface area contributed by atoms with Crippen LogP contribution in [0.3, 0.4) is 0 Å². The summed E-state index contributed by atoms with van der Waals surface area (Å²) in [6, 6.07) is 3.83. The zero-order valence-electron chi connectivity index (χ0n) is 15.4. The van der Waals surface area contributed by atoms with Crippen LogP contribution in [0.4, 0.5) is 0 Å². The van der Waals surface area contributed by atoms with Gasteiger partial charge in [-0.3, -0.25) is 4.79 Å². The lowest BCUT2D eigenvalue weighted by Gasteiger charge is -2.26. The zero-order chi connectivity index (χ0) is 20.2. The summed E-state index contributed by atoms with van der Waals surface area (Å²) >= 11 is 0. The van der Waals surface area contributed by atoms with Crippen molar-refractivity contribution < 1.29 is 31.1 Å². The van der Waals surface area contributed by atoms with Crippen LogP contribution < -0.4 is 4.72 Å². The molecule has 0 saturated carbocycles. The Morgan fingerprint density at radius 3 is 2.07 bits per heavy atom. The molecule has 0 unspecified atom stereocenters. The quantitative estimate of drug-likeness (QED) is 0.625. The molecule has 0 amide bonds. The van der Waals surface area contributed by atoms with E-state index in [4.69, 9.17) is 4.74 Å². The van der Waals surface area contributed by atoms with Gasteiger partial charge in [0, 0.05) is 13.1 Å². The number of esters is 1. The normalized spacial score (nSPS) is 17.6. The average Bonchev–Trinajstić information content (AvgIpc) is 2.66. The Labute approximate surface area is 159 Å². The molecule has 1 aliphatic heterocycles. The Hall–Kier alpha value is -1.53. The first-order valence-corrected chi connectivity index (χ1v) is 11.3. The maximum absolute atomic E-state index is 12.6. The van der Waals surface area contributed by atoms with Crippen molar-refractivity contribution >= 4 is 26.0 Å². The number of nitrogens with one attached hydrogen (secondary N) is 1. The van der Waals surface area contributed by atoms with Gasteiger partial charge in [0.15, 0.2) is 0 Å². The van der Waals surface area contributed by atoms with Crippen LogP contribution in [0.2, 0.25) is 0 Å². The third kappa shape index (κ3) is 5.05. The van der Waals surface area contributed by atoms with E-state index in [9.17, 15) is 21.6 Å². The molecule has 152 valence electrons. The Morgan fingerprint density at radius 2 is 1.59 bits per heavy atom. The number of hydrogen-bond donors (Lipinski definition) is 1. The number of benzene rings is 1. The molecular formula is C16H24N2O7S2. The summed E-state index contributed by atoms with van der Waals surface area (Å²) in [7, 11) is -6.56. The lowest BCUT2D eigenvalue weighted by Crippen LogP contribution is -2.44. The summed E-state index contributed by atoms with van der Waals surface area (Å²) in [5, 5.41) is 0. The monoisotopic (exact) mass is 420 g/mol. The minimum atomic E-state index is -4.03. The molecule has 1 fully saturated rings. The second-order valence-electron chi connectivity index (χ2n) is 6.35. The van der Waals surface area contributed by atoms with Crippen molar-refractivity contribution in [1.29, 1.82) is 0 Å². The Balaban J connectivity index is 2.23. The predicted octanol–water partition coefficient (Wildman–Crippen LogP) is 0.183. The van der Waals surface area contributed by atoms with Crippen LogP contribution in [0.15, 0.2) is 34.1 Å². The number of rotatable bonds is 7. The SMILES string of the molecule is COC(=O)[C@@H](NS(=O)(=O)c1ccc(S(=O)(=O)N2CCOCC2)cc1)C(C)C. The first kappa shape index (κ1) is 21.8. The Bertz CT molecular complexity index is 859. The fourth-order valence-corrected chi connectivity index (χ4v) is 5.29. The topological polar surface area (TPSA) is 119 Å². The minimum absolute atomic E-state index is 0.00303. The Kier molecular flexibility index (Phi) is 6.98. The number of hydrogen-bond acceptors (Lipinski definition) is 7. The molecule has 2 rings (SSSR count). The van der Waals surface area contributed by atoms with E-state index in [-0.39, 0.29) is 28.8 Å². The van der Waals surface area contributed by atoms with E-state index in [1.165, 1.54) is 35.7 Å². The average molecular weight is 421 g/mol. The van der Waals surface area contributed by atoms with Crippen LogP contribution in [0.5, 0.6) is 0 Å². The van der Waals surface area contributed by atoms with Crippen molar-refractivity contribution in [2.75, 3.05) is 33.4 Å². The van der Waals surface area contributed by atoms with Crippen LogP contribution in [0.25, 0.3) is 0 Å². The van der Waals surface area contributed by atoms with E-state index < -0.39 is 32.1 Å².